The van der Waals surface area contributed by atoms with Crippen LogP contribution in [0.5, 0.6) is 0 Å². The maximum Gasteiger partial charge on any atom is 0.194 e. The fourth-order valence-electron chi connectivity index (χ4n) is 4.26. The van der Waals surface area contributed by atoms with E-state index in [-0.39, 0.29) is 5.43 Å². The summed E-state index contributed by atoms with van der Waals surface area (Å²) in [6.07, 6.45) is 2.30. The molecule has 3 aromatic rings. The molecule has 0 saturated carbocycles. The van der Waals surface area contributed by atoms with Gasteiger partial charge in [0.1, 0.15) is 0 Å². The van der Waals surface area contributed by atoms with Gasteiger partial charge in [-0.1, -0.05) is 42.0 Å². The molecule has 4 rings (SSSR count). The molecule has 1 saturated heterocycles. The Bertz CT molecular complexity index is 1020. The summed E-state index contributed by atoms with van der Waals surface area (Å²) in [5, 5.41) is 0.784. The first-order chi connectivity index (χ1) is 13.5. The van der Waals surface area contributed by atoms with Crippen molar-refractivity contribution in [2.45, 2.75) is 32.4 Å². The van der Waals surface area contributed by atoms with Crippen molar-refractivity contribution < 1.29 is 0 Å². The van der Waals surface area contributed by atoms with Crippen LogP contribution in [0.2, 0.25) is 0 Å². The third-order valence-corrected chi connectivity index (χ3v) is 6.04. The van der Waals surface area contributed by atoms with Gasteiger partial charge in [-0.15, -0.1) is 0 Å². The van der Waals surface area contributed by atoms with E-state index in [0.29, 0.717) is 12.6 Å². The highest BCUT2D eigenvalue weighted by atomic mass is 16.1. The zero-order valence-electron chi connectivity index (χ0n) is 17.0. The molecule has 4 heteroatoms. The first-order valence-electron chi connectivity index (χ1n) is 10.1. The van der Waals surface area contributed by atoms with Crippen LogP contribution in [0.15, 0.2) is 53.3 Å². The number of fused-ring (bicyclic) bond motifs is 1. The second-order valence-corrected chi connectivity index (χ2v) is 8.17. The third-order valence-electron chi connectivity index (χ3n) is 6.04. The Labute approximate surface area is 166 Å². The number of likely N-dealkylation sites (tertiary alicyclic amines) is 1. The van der Waals surface area contributed by atoms with Gasteiger partial charge in [0.15, 0.2) is 5.43 Å². The summed E-state index contributed by atoms with van der Waals surface area (Å²) in [6.45, 7) is 4.94. The second-order valence-electron chi connectivity index (χ2n) is 8.17. The monoisotopic (exact) mass is 375 g/mol. The summed E-state index contributed by atoms with van der Waals surface area (Å²) >= 11 is 0. The molecule has 2 heterocycles. The molecular formula is C24H29N3O. The van der Waals surface area contributed by atoms with Crippen molar-refractivity contribution in [2.75, 3.05) is 27.2 Å². The fourth-order valence-corrected chi connectivity index (χ4v) is 4.26. The molecule has 1 aliphatic heterocycles. The Balaban J connectivity index is 1.78. The van der Waals surface area contributed by atoms with Gasteiger partial charge in [-0.2, -0.15) is 0 Å². The molecule has 0 unspecified atom stereocenters. The lowest BCUT2D eigenvalue weighted by Gasteiger charge is -2.35. The fraction of sp³-hybridized carbons (Fsp3) is 0.375. The molecule has 0 aliphatic carbocycles. The lowest BCUT2D eigenvalue weighted by molar-refractivity contribution is 0.139. The number of pyridine rings is 1. The smallest absolute Gasteiger partial charge is 0.194 e. The van der Waals surface area contributed by atoms with Gasteiger partial charge in [-0.3, -0.25) is 9.69 Å². The number of aromatic amines is 1. The van der Waals surface area contributed by atoms with Crippen LogP contribution in [0.25, 0.3) is 22.2 Å². The van der Waals surface area contributed by atoms with Crippen LogP contribution in [0.3, 0.4) is 0 Å². The van der Waals surface area contributed by atoms with Crippen LogP contribution in [-0.2, 0) is 6.54 Å². The van der Waals surface area contributed by atoms with Crippen molar-refractivity contribution in [3.63, 3.8) is 0 Å². The minimum absolute atomic E-state index is 0.149. The summed E-state index contributed by atoms with van der Waals surface area (Å²) in [4.78, 5) is 21.8. The number of benzene rings is 2. The Kier molecular flexibility index (Phi) is 5.33. The zero-order valence-corrected chi connectivity index (χ0v) is 17.0. The van der Waals surface area contributed by atoms with Crippen molar-refractivity contribution in [1.29, 1.82) is 0 Å². The molecule has 1 aromatic heterocycles. The summed E-state index contributed by atoms with van der Waals surface area (Å²) < 4.78 is 0. The van der Waals surface area contributed by atoms with Crippen molar-refractivity contribution >= 4 is 10.9 Å². The SMILES string of the molecule is Cc1ccc2[nH]c(-c3ccccc3)c(CN(C)C3CCN(C)CC3)c(=O)c2c1. The van der Waals surface area contributed by atoms with Crippen LogP contribution in [0.1, 0.15) is 24.0 Å². The predicted molar refractivity (Wildman–Crippen MR) is 117 cm³/mol. The van der Waals surface area contributed by atoms with Crippen LogP contribution >= 0.6 is 0 Å². The van der Waals surface area contributed by atoms with E-state index in [2.05, 4.69) is 47.1 Å². The molecule has 1 aliphatic rings. The molecule has 4 nitrogen and oxygen atoms in total. The predicted octanol–water partition coefficient (Wildman–Crippen LogP) is 4.03. The van der Waals surface area contributed by atoms with Gasteiger partial charge in [0, 0.05) is 29.1 Å². The van der Waals surface area contributed by atoms with Gasteiger partial charge >= 0.3 is 0 Å². The van der Waals surface area contributed by atoms with Gasteiger partial charge in [0.05, 0.1) is 5.69 Å². The summed E-state index contributed by atoms with van der Waals surface area (Å²) in [6, 6.07) is 16.8. The molecule has 2 aromatic carbocycles. The highest BCUT2D eigenvalue weighted by Crippen LogP contribution is 2.25. The maximum atomic E-state index is 13.5. The number of nitrogens with one attached hydrogen (secondary N) is 1. The minimum atomic E-state index is 0.149. The number of aryl methyl sites for hydroxylation is 1. The number of piperidine rings is 1. The van der Waals surface area contributed by atoms with Gasteiger partial charge < -0.3 is 9.88 Å². The van der Waals surface area contributed by atoms with Crippen LogP contribution < -0.4 is 5.43 Å². The standard InChI is InChI=1S/C24H29N3O/c1-17-9-10-22-20(15-17)24(28)21(23(25-22)18-7-5-4-6-8-18)16-27(3)19-11-13-26(2)14-12-19/h4-10,15,19H,11-14,16H2,1-3H3,(H,25,28). The van der Waals surface area contributed by atoms with Crippen LogP contribution in [0, 0.1) is 6.92 Å². The summed E-state index contributed by atoms with van der Waals surface area (Å²) in [5.74, 6) is 0. The molecule has 0 spiro atoms. The zero-order chi connectivity index (χ0) is 19.7. The van der Waals surface area contributed by atoms with Crippen LogP contribution in [0.4, 0.5) is 0 Å². The molecule has 28 heavy (non-hydrogen) atoms. The van der Waals surface area contributed by atoms with E-state index < -0.39 is 0 Å². The summed E-state index contributed by atoms with van der Waals surface area (Å²) in [7, 11) is 4.34. The number of rotatable bonds is 4. The van der Waals surface area contributed by atoms with Crippen molar-refractivity contribution in [3.8, 4) is 11.3 Å². The Morgan fingerprint density at radius 2 is 1.82 bits per heavy atom. The Morgan fingerprint density at radius 3 is 2.54 bits per heavy atom. The van der Waals surface area contributed by atoms with E-state index in [9.17, 15) is 4.79 Å². The van der Waals surface area contributed by atoms with E-state index in [1.807, 2.05) is 37.3 Å². The van der Waals surface area contributed by atoms with Crippen molar-refractivity contribution in [2.24, 2.45) is 0 Å². The van der Waals surface area contributed by atoms with Crippen molar-refractivity contribution in [3.05, 3.63) is 69.9 Å². The highest BCUT2D eigenvalue weighted by Gasteiger charge is 2.23. The Hall–Kier alpha value is -2.43. The number of nitrogens with zero attached hydrogens (tertiary/aromatic N) is 2. The topological polar surface area (TPSA) is 39.3 Å². The molecule has 0 bridgehead atoms. The third kappa shape index (κ3) is 3.75. The Morgan fingerprint density at radius 1 is 1.11 bits per heavy atom. The quantitative estimate of drug-likeness (QED) is 0.748. The lowest BCUT2D eigenvalue weighted by Crippen LogP contribution is -2.42. The average Bonchev–Trinajstić information content (AvgIpc) is 2.71. The maximum absolute atomic E-state index is 13.5. The van der Waals surface area contributed by atoms with Gasteiger partial charge in [-0.25, -0.2) is 0 Å². The summed E-state index contributed by atoms with van der Waals surface area (Å²) in [5.41, 5.74) is 5.04. The molecular weight excluding hydrogens is 346 g/mol. The van der Waals surface area contributed by atoms with Gasteiger partial charge in [0.2, 0.25) is 0 Å². The number of hydrogen-bond donors (Lipinski definition) is 1. The normalized spacial score (nSPS) is 16.1. The van der Waals surface area contributed by atoms with E-state index in [0.717, 1.165) is 59.2 Å². The minimum Gasteiger partial charge on any atom is -0.354 e. The molecule has 0 radical (unpaired) electrons. The average molecular weight is 376 g/mol. The first kappa shape index (κ1) is 18.9. The molecule has 1 fully saturated rings. The molecule has 0 atom stereocenters. The van der Waals surface area contributed by atoms with E-state index in [4.69, 9.17) is 0 Å². The molecule has 1 N–H and O–H groups in total. The van der Waals surface area contributed by atoms with E-state index in [1.54, 1.807) is 0 Å². The van der Waals surface area contributed by atoms with Gasteiger partial charge in [-0.05, 0) is 64.6 Å². The van der Waals surface area contributed by atoms with Crippen LogP contribution in [-0.4, -0.2) is 48.0 Å². The lowest BCUT2D eigenvalue weighted by atomic mass is 9.99. The largest absolute Gasteiger partial charge is 0.354 e. The number of aromatic nitrogens is 1. The van der Waals surface area contributed by atoms with Gasteiger partial charge in [0.25, 0.3) is 0 Å². The van der Waals surface area contributed by atoms with E-state index in [1.165, 1.54) is 0 Å². The first-order valence-corrected chi connectivity index (χ1v) is 10.1. The second kappa shape index (κ2) is 7.90. The van der Waals surface area contributed by atoms with Crippen molar-refractivity contribution in [1.82, 2.24) is 14.8 Å². The molecule has 146 valence electrons. The molecule has 0 amide bonds. The van der Waals surface area contributed by atoms with E-state index >= 15 is 0 Å². The number of hydrogen-bond acceptors (Lipinski definition) is 3. The highest BCUT2D eigenvalue weighted by molar-refractivity contribution is 5.83. The number of H-pyrrole nitrogens is 1.